The smallest absolute Gasteiger partial charge is 0.137 e. The van der Waals surface area contributed by atoms with Crippen molar-refractivity contribution in [2.45, 2.75) is 58.9 Å². The zero-order valence-corrected chi connectivity index (χ0v) is 33.1. The molecule has 0 amide bonds. The standard InChI is InChI=1S/C51H48N4O/c1-50(2,3)38-17-12-14-35(28-38)33-53-34-54(47-21-11-10-20-46(47)53)40-18-13-19-41(31-40)56-42-23-24-43-44-29-37(36-15-8-7-9-16-36)22-25-45(44)55(48(43)32-42)49-30-39(26-27-52-49)51(4,5)6/h7-32H,33-34H2,1-6H3. The minimum Gasteiger partial charge on any atom is -0.457 e. The Morgan fingerprint density at radius 3 is 2.09 bits per heavy atom. The normalized spacial score (nSPS) is 13.1. The molecule has 3 heterocycles. The van der Waals surface area contributed by atoms with Gasteiger partial charge < -0.3 is 14.5 Å². The van der Waals surface area contributed by atoms with Crippen LogP contribution in [0.25, 0.3) is 38.8 Å². The van der Waals surface area contributed by atoms with Gasteiger partial charge in [0.1, 0.15) is 17.3 Å². The molecule has 9 rings (SSSR count). The molecule has 0 N–H and O–H groups in total. The molecule has 0 atom stereocenters. The van der Waals surface area contributed by atoms with E-state index in [0.29, 0.717) is 0 Å². The molecule has 0 aliphatic carbocycles. The molecular formula is C51H48N4O. The summed E-state index contributed by atoms with van der Waals surface area (Å²) in [6.45, 7) is 15.1. The fourth-order valence-electron chi connectivity index (χ4n) is 7.97. The van der Waals surface area contributed by atoms with Crippen molar-refractivity contribution >= 4 is 38.9 Å². The number of anilines is 3. The van der Waals surface area contributed by atoms with Gasteiger partial charge in [-0.25, -0.2) is 4.98 Å². The van der Waals surface area contributed by atoms with Crippen LogP contribution in [0.15, 0.2) is 158 Å². The molecule has 278 valence electrons. The van der Waals surface area contributed by atoms with E-state index in [0.717, 1.165) is 52.6 Å². The summed E-state index contributed by atoms with van der Waals surface area (Å²) in [7, 11) is 0. The van der Waals surface area contributed by atoms with E-state index in [1.807, 2.05) is 12.3 Å². The lowest BCUT2D eigenvalue weighted by Crippen LogP contribution is -2.27. The van der Waals surface area contributed by atoms with Gasteiger partial charge >= 0.3 is 0 Å². The largest absolute Gasteiger partial charge is 0.457 e. The minimum absolute atomic E-state index is 0.0135. The molecule has 0 saturated carbocycles. The number of hydrogen-bond donors (Lipinski definition) is 0. The molecule has 56 heavy (non-hydrogen) atoms. The number of fused-ring (bicyclic) bond motifs is 4. The highest BCUT2D eigenvalue weighted by Gasteiger charge is 2.27. The van der Waals surface area contributed by atoms with E-state index in [9.17, 15) is 0 Å². The SMILES string of the molecule is CC(C)(C)c1cccc(CN2CN(c3cccc(Oc4ccc5c6cc(-c7ccccc7)ccc6n(-c6cc(C(C)(C)C)ccn6)c5c4)c3)c3ccccc32)c1. The maximum absolute atomic E-state index is 6.73. The van der Waals surface area contributed by atoms with Gasteiger partial charge in [-0.05, 0) is 99.3 Å². The number of pyridine rings is 1. The Morgan fingerprint density at radius 1 is 0.554 bits per heavy atom. The van der Waals surface area contributed by atoms with Crippen LogP contribution in [0.3, 0.4) is 0 Å². The summed E-state index contributed by atoms with van der Waals surface area (Å²) in [5.41, 5.74) is 12.1. The third-order valence-corrected chi connectivity index (χ3v) is 11.0. The molecule has 8 aromatic rings. The van der Waals surface area contributed by atoms with Gasteiger partial charge in [0.15, 0.2) is 0 Å². The van der Waals surface area contributed by atoms with Crippen LogP contribution in [-0.2, 0) is 17.4 Å². The molecule has 0 fully saturated rings. The van der Waals surface area contributed by atoms with Crippen molar-refractivity contribution < 1.29 is 4.74 Å². The van der Waals surface area contributed by atoms with Crippen LogP contribution in [0.1, 0.15) is 58.2 Å². The summed E-state index contributed by atoms with van der Waals surface area (Å²) < 4.78 is 9.01. The monoisotopic (exact) mass is 732 g/mol. The summed E-state index contributed by atoms with van der Waals surface area (Å²) in [5.74, 6) is 2.46. The topological polar surface area (TPSA) is 33.5 Å². The van der Waals surface area contributed by atoms with Crippen molar-refractivity contribution in [3.63, 3.8) is 0 Å². The lowest BCUT2D eigenvalue weighted by Gasteiger charge is -2.24. The average molecular weight is 733 g/mol. The van der Waals surface area contributed by atoms with Crippen LogP contribution >= 0.6 is 0 Å². The van der Waals surface area contributed by atoms with Crippen molar-refractivity contribution in [3.8, 4) is 28.4 Å². The fourth-order valence-corrected chi connectivity index (χ4v) is 7.97. The number of nitrogens with zero attached hydrogens (tertiary/aromatic N) is 4. The number of hydrogen-bond acceptors (Lipinski definition) is 4. The van der Waals surface area contributed by atoms with Gasteiger partial charge in [-0.2, -0.15) is 0 Å². The average Bonchev–Trinajstić information content (AvgIpc) is 3.73. The van der Waals surface area contributed by atoms with Crippen LogP contribution in [-0.4, -0.2) is 16.2 Å². The summed E-state index contributed by atoms with van der Waals surface area (Å²) in [6, 6.07) is 54.3. The number of para-hydroxylation sites is 2. The predicted octanol–water partition coefficient (Wildman–Crippen LogP) is 13.3. The Hall–Kier alpha value is -6.33. The summed E-state index contributed by atoms with van der Waals surface area (Å²) in [6.07, 6.45) is 1.93. The van der Waals surface area contributed by atoms with Crippen LogP contribution in [0.2, 0.25) is 0 Å². The highest BCUT2D eigenvalue weighted by Crippen LogP contribution is 2.43. The van der Waals surface area contributed by atoms with Crippen LogP contribution in [0.5, 0.6) is 11.5 Å². The molecule has 5 heteroatoms. The van der Waals surface area contributed by atoms with E-state index < -0.39 is 0 Å². The molecular weight excluding hydrogens is 685 g/mol. The third-order valence-electron chi connectivity index (χ3n) is 11.0. The first kappa shape index (κ1) is 35.4. The number of benzene rings is 6. The second-order valence-corrected chi connectivity index (χ2v) is 17.1. The Kier molecular flexibility index (Phi) is 8.69. The zero-order chi connectivity index (χ0) is 38.6. The summed E-state index contributed by atoms with van der Waals surface area (Å²) >= 11 is 0. The van der Waals surface area contributed by atoms with Gasteiger partial charge in [0.05, 0.1) is 29.1 Å². The van der Waals surface area contributed by atoms with Crippen LogP contribution in [0, 0.1) is 0 Å². The van der Waals surface area contributed by atoms with E-state index in [2.05, 4.69) is 202 Å². The first-order chi connectivity index (χ1) is 27.0. The molecule has 0 bridgehead atoms. The molecule has 0 unspecified atom stereocenters. The van der Waals surface area contributed by atoms with Crippen molar-refractivity contribution in [1.82, 2.24) is 9.55 Å². The van der Waals surface area contributed by atoms with Gasteiger partial charge in [0, 0.05) is 41.3 Å². The van der Waals surface area contributed by atoms with Crippen molar-refractivity contribution in [2.24, 2.45) is 0 Å². The van der Waals surface area contributed by atoms with Gasteiger partial charge in [0.2, 0.25) is 0 Å². The number of aromatic nitrogens is 2. The number of ether oxygens (including phenoxy) is 1. The van der Waals surface area contributed by atoms with Crippen LogP contribution in [0.4, 0.5) is 17.1 Å². The van der Waals surface area contributed by atoms with Crippen molar-refractivity contribution in [2.75, 3.05) is 16.5 Å². The maximum Gasteiger partial charge on any atom is 0.137 e. The van der Waals surface area contributed by atoms with Gasteiger partial charge in [-0.3, -0.25) is 4.57 Å². The highest BCUT2D eigenvalue weighted by molar-refractivity contribution is 6.10. The molecule has 0 spiro atoms. The second kappa shape index (κ2) is 13.8. The van der Waals surface area contributed by atoms with E-state index >= 15 is 0 Å². The molecule has 1 aliphatic rings. The molecule has 6 aromatic carbocycles. The minimum atomic E-state index is -0.0135. The Labute approximate surface area is 330 Å². The van der Waals surface area contributed by atoms with E-state index in [1.165, 1.54) is 44.6 Å². The van der Waals surface area contributed by atoms with Gasteiger partial charge in [-0.1, -0.05) is 120 Å². The molecule has 0 radical (unpaired) electrons. The lowest BCUT2D eigenvalue weighted by atomic mass is 9.86. The Bertz CT molecular complexity index is 2710. The van der Waals surface area contributed by atoms with Gasteiger partial charge in [0.25, 0.3) is 0 Å². The van der Waals surface area contributed by atoms with Gasteiger partial charge in [-0.15, -0.1) is 0 Å². The summed E-state index contributed by atoms with van der Waals surface area (Å²) in [4.78, 5) is 9.77. The van der Waals surface area contributed by atoms with E-state index in [4.69, 9.17) is 9.72 Å². The highest BCUT2D eigenvalue weighted by atomic mass is 16.5. The quantitative estimate of drug-likeness (QED) is 0.163. The molecule has 1 aliphatic heterocycles. The third kappa shape index (κ3) is 6.68. The Morgan fingerprint density at radius 2 is 1.29 bits per heavy atom. The van der Waals surface area contributed by atoms with Crippen molar-refractivity contribution in [1.29, 1.82) is 0 Å². The van der Waals surface area contributed by atoms with Crippen molar-refractivity contribution in [3.05, 3.63) is 175 Å². The first-order valence-electron chi connectivity index (χ1n) is 19.6. The first-order valence-corrected chi connectivity index (χ1v) is 19.6. The lowest BCUT2D eigenvalue weighted by molar-refractivity contribution is 0.483. The maximum atomic E-state index is 6.73. The predicted molar refractivity (Wildman–Crippen MR) is 234 cm³/mol. The molecule has 0 saturated heterocycles. The Balaban J connectivity index is 1.07. The van der Waals surface area contributed by atoms with Crippen LogP contribution < -0.4 is 14.5 Å². The fraction of sp³-hybridized carbons (Fsp3) is 0.196. The zero-order valence-electron chi connectivity index (χ0n) is 33.1. The molecule has 2 aromatic heterocycles. The molecule has 5 nitrogen and oxygen atoms in total. The summed E-state index contributed by atoms with van der Waals surface area (Å²) in [5, 5.41) is 2.34. The van der Waals surface area contributed by atoms with E-state index in [-0.39, 0.29) is 10.8 Å². The number of rotatable bonds is 7. The second-order valence-electron chi connectivity index (χ2n) is 17.1. The van der Waals surface area contributed by atoms with E-state index in [1.54, 1.807) is 0 Å².